The molecule has 1 aromatic rings. The van der Waals surface area contributed by atoms with E-state index in [9.17, 15) is 9.59 Å². The first-order valence-corrected chi connectivity index (χ1v) is 5.61. The van der Waals surface area contributed by atoms with Crippen molar-refractivity contribution in [1.82, 2.24) is 4.48 Å². The lowest BCUT2D eigenvalue weighted by atomic mass is 9.96. The van der Waals surface area contributed by atoms with E-state index in [1.165, 1.54) is 0 Å². The van der Waals surface area contributed by atoms with Gasteiger partial charge in [0.15, 0.2) is 5.69 Å². The summed E-state index contributed by atoms with van der Waals surface area (Å²) >= 11 is 0. The molecule has 4 heteroatoms. The molecule has 17 heavy (non-hydrogen) atoms. The number of carbonyl (C=O) groups excluding carboxylic acids is 2. The Morgan fingerprint density at radius 3 is 2.71 bits per heavy atom. The zero-order valence-corrected chi connectivity index (χ0v) is 10.0. The first-order chi connectivity index (χ1) is 7.98. The highest BCUT2D eigenvalue weighted by Gasteiger charge is 2.45. The third-order valence-corrected chi connectivity index (χ3v) is 3.48. The second-order valence-corrected chi connectivity index (χ2v) is 4.58. The minimum Gasteiger partial charge on any atom is -0.318 e. The lowest BCUT2D eigenvalue weighted by Crippen LogP contribution is -2.58. The number of rotatable bonds is 0. The standard InChI is InChI=1S/C13H15N2O2/c1-9-7-8-12(16)15(2,13(14)17)11-6-4-3-5-10(9)11/h3-6,8-9H,7H2,1-2H3,(H-,14,17)/p+1. The van der Waals surface area contributed by atoms with Crippen molar-refractivity contribution in [3.63, 3.8) is 0 Å². The summed E-state index contributed by atoms with van der Waals surface area (Å²) in [6, 6.07) is 6.84. The number of hydrogen-bond donors (Lipinski definition) is 1. The van der Waals surface area contributed by atoms with Gasteiger partial charge in [-0.1, -0.05) is 25.1 Å². The number of nitrogens with zero attached hydrogens (tertiary/aromatic N) is 1. The van der Waals surface area contributed by atoms with Crippen LogP contribution in [0.2, 0.25) is 0 Å². The molecular weight excluding hydrogens is 216 g/mol. The number of quaternary nitrogens is 1. The quantitative estimate of drug-likeness (QED) is 0.695. The van der Waals surface area contributed by atoms with Gasteiger partial charge in [-0.05, 0) is 12.3 Å². The number of fused-ring (bicyclic) bond motifs is 1. The fourth-order valence-corrected chi connectivity index (χ4v) is 2.24. The number of para-hydroxylation sites is 1. The third kappa shape index (κ3) is 1.65. The molecule has 0 fully saturated rings. The monoisotopic (exact) mass is 232 g/mol. The van der Waals surface area contributed by atoms with Crippen LogP contribution in [0.3, 0.4) is 0 Å². The second kappa shape index (κ2) is 3.96. The number of amides is 3. The molecule has 0 saturated heterocycles. The third-order valence-electron chi connectivity index (χ3n) is 3.48. The number of carbonyl (C=O) groups is 2. The van der Waals surface area contributed by atoms with E-state index in [0.717, 1.165) is 5.56 Å². The highest BCUT2D eigenvalue weighted by atomic mass is 16.2. The number of primary amides is 1. The molecule has 2 atom stereocenters. The highest BCUT2D eigenvalue weighted by molar-refractivity contribution is 6.11. The van der Waals surface area contributed by atoms with Gasteiger partial charge in [0, 0.05) is 11.6 Å². The molecule has 1 aliphatic rings. The first-order valence-electron chi connectivity index (χ1n) is 5.61. The van der Waals surface area contributed by atoms with Crippen molar-refractivity contribution in [3.05, 3.63) is 36.2 Å². The molecule has 1 heterocycles. The Morgan fingerprint density at radius 2 is 2.06 bits per heavy atom. The number of benzene rings is 1. The molecule has 0 aliphatic carbocycles. The van der Waals surface area contributed by atoms with Gasteiger partial charge >= 0.3 is 11.9 Å². The minimum absolute atomic E-state index is 0.217. The summed E-state index contributed by atoms with van der Waals surface area (Å²) in [4.78, 5) is 23.8. The van der Waals surface area contributed by atoms with Crippen molar-refractivity contribution in [2.24, 2.45) is 5.73 Å². The second-order valence-electron chi connectivity index (χ2n) is 4.58. The Balaban J connectivity index is 2.70. The van der Waals surface area contributed by atoms with Crippen LogP contribution in [0, 0.1) is 6.42 Å². The van der Waals surface area contributed by atoms with Crippen molar-refractivity contribution < 1.29 is 9.59 Å². The van der Waals surface area contributed by atoms with Crippen LogP contribution >= 0.6 is 0 Å². The highest BCUT2D eigenvalue weighted by Crippen LogP contribution is 2.37. The van der Waals surface area contributed by atoms with Crippen LogP contribution < -0.4 is 10.2 Å². The average molecular weight is 232 g/mol. The van der Waals surface area contributed by atoms with Gasteiger partial charge in [0.05, 0.1) is 13.5 Å². The zero-order valence-electron chi connectivity index (χ0n) is 10.0. The molecule has 2 N–H and O–H groups in total. The lowest BCUT2D eigenvalue weighted by molar-refractivity contribution is -0.123. The molecule has 0 saturated carbocycles. The number of hydrogen-bond acceptors (Lipinski definition) is 2. The van der Waals surface area contributed by atoms with E-state index in [4.69, 9.17) is 5.73 Å². The van der Waals surface area contributed by atoms with Crippen LogP contribution in [0.15, 0.2) is 24.3 Å². The average Bonchev–Trinajstić information content (AvgIpc) is 2.42. The van der Waals surface area contributed by atoms with Gasteiger partial charge in [0.2, 0.25) is 0 Å². The van der Waals surface area contributed by atoms with E-state index >= 15 is 0 Å². The van der Waals surface area contributed by atoms with Crippen molar-refractivity contribution >= 4 is 17.6 Å². The summed E-state index contributed by atoms with van der Waals surface area (Å²) in [5, 5.41) is 0. The number of imide groups is 1. The smallest absolute Gasteiger partial charge is 0.318 e. The fourth-order valence-electron chi connectivity index (χ4n) is 2.24. The van der Waals surface area contributed by atoms with Gasteiger partial charge < -0.3 is 5.73 Å². The summed E-state index contributed by atoms with van der Waals surface area (Å²) in [5.41, 5.74) is 7.11. The molecule has 0 aromatic heterocycles. The fraction of sp³-hybridized carbons (Fsp3) is 0.308. The summed E-state index contributed by atoms with van der Waals surface area (Å²) < 4.78 is -0.472. The largest absolute Gasteiger partial charge is 0.426 e. The van der Waals surface area contributed by atoms with Crippen LogP contribution in [0.25, 0.3) is 0 Å². The Labute approximate surface area is 101 Å². The Hall–Kier alpha value is -1.68. The van der Waals surface area contributed by atoms with Gasteiger partial charge in [-0.15, -0.1) is 4.48 Å². The Kier molecular flexibility index (Phi) is 2.75. The summed E-state index contributed by atoms with van der Waals surface area (Å²) in [5.74, 6) is -0.0382. The molecule has 3 amide bonds. The van der Waals surface area contributed by atoms with Crippen LogP contribution in [0.4, 0.5) is 10.5 Å². The maximum absolute atomic E-state index is 12.1. The van der Waals surface area contributed by atoms with Crippen LogP contribution in [-0.4, -0.2) is 19.0 Å². The van der Waals surface area contributed by atoms with Crippen molar-refractivity contribution in [2.45, 2.75) is 19.3 Å². The van der Waals surface area contributed by atoms with Crippen LogP contribution in [0.5, 0.6) is 0 Å². The van der Waals surface area contributed by atoms with Crippen molar-refractivity contribution in [3.8, 4) is 0 Å². The molecule has 2 rings (SSSR count). The van der Waals surface area contributed by atoms with E-state index in [1.54, 1.807) is 19.5 Å². The van der Waals surface area contributed by atoms with Crippen LogP contribution in [-0.2, 0) is 4.79 Å². The van der Waals surface area contributed by atoms with E-state index in [0.29, 0.717) is 12.1 Å². The molecule has 1 aromatic carbocycles. The number of nitrogens with two attached hydrogens (primary N) is 1. The molecule has 4 nitrogen and oxygen atoms in total. The maximum Gasteiger partial charge on any atom is 0.426 e. The van der Waals surface area contributed by atoms with E-state index in [1.807, 2.05) is 25.1 Å². The normalized spacial score (nSPS) is 28.4. The molecule has 0 spiro atoms. The topological polar surface area (TPSA) is 60.2 Å². The van der Waals surface area contributed by atoms with E-state index in [-0.39, 0.29) is 11.8 Å². The SMILES string of the molecule is CC1C[CH]C(=O)[N+](C)(C(N)=O)c2ccccc21. The summed E-state index contributed by atoms with van der Waals surface area (Å²) in [6.07, 6.45) is 2.20. The van der Waals surface area contributed by atoms with E-state index in [2.05, 4.69) is 0 Å². The van der Waals surface area contributed by atoms with Gasteiger partial charge in [0.1, 0.15) is 0 Å². The predicted molar refractivity (Wildman–Crippen MR) is 66.1 cm³/mol. The Bertz CT molecular complexity index is 484. The van der Waals surface area contributed by atoms with Gasteiger partial charge in [-0.2, -0.15) is 0 Å². The molecule has 1 aliphatic heterocycles. The summed E-state index contributed by atoms with van der Waals surface area (Å²) in [6.45, 7) is 2.04. The Morgan fingerprint density at radius 1 is 1.41 bits per heavy atom. The predicted octanol–water partition coefficient (Wildman–Crippen LogP) is 1.94. The van der Waals surface area contributed by atoms with Crippen molar-refractivity contribution in [2.75, 3.05) is 7.05 Å². The van der Waals surface area contributed by atoms with Crippen molar-refractivity contribution in [1.29, 1.82) is 0 Å². The molecule has 0 bridgehead atoms. The first kappa shape index (κ1) is 11.8. The summed E-state index contributed by atoms with van der Waals surface area (Å²) in [7, 11) is 1.55. The molecule has 1 radical (unpaired) electrons. The van der Waals surface area contributed by atoms with Gasteiger partial charge in [0.25, 0.3) is 0 Å². The maximum atomic E-state index is 12.1. The molecule has 2 unspecified atom stereocenters. The van der Waals surface area contributed by atoms with E-state index < -0.39 is 10.5 Å². The van der Waals surface area contributed by atoms with Gasteiger partial charge in [-0.3, -0.25) is 0 Å². The number of urea groups is 1. The van der Waals surface area contributed by atoms with Crippen LogP contribution in [0.1, 0.15) is 24.8 Å². The van der Waals surface area contributed by atoms with Gasteiger partial charge in [-0.25, -0.2) is 9.59 Å². The lowest BCUT2D eigenvalue weighted by Gasteiger charge is -2.26. The minimum atomic E-state index is -0.646. The molecular formula is C13H16N2O2+. The molecule has 89 valence electrons. The zero-order chi connectivity index (χ0) is 12.6.